The van der Waals surface area contributed by atoms with Gasteiger partial charge in [0.25, 0.3) is 0 Å². The zero-order chi connectivity index (χ0) is 10.1. The lowest BCUT2D eigenvalue weighted by atomic mass is 10.0. The zero-order valence-electron chi connectivity index (χ0n) is 7.50. The highest BCUT2D eigenvalue weighted by atomic mass is 31.2. The van der Waals surface area contributed by atoms with Crippen molar-refractivity contribution in [3.63, 3.8) is 0 Å². The monoisotopic (exact) mass is 204 g/mol. The van der Waals surface area contributed by atoms with Crippen molar-refractivity contribution in [2.45, 2.75) is 19.8 Å². The van der Waals surface area contributed by atoms with E-state index in [4.69, 9.17) is 0 Å². The van der Waals surface area contributed by atoms with Crippen molar-refractivity contribution in [2.75, 3.05) is 0 Å². The molecule has 1 aromatic carbocycles. The fourth-order valence-corrected chi connectivity index (χ4v) is 1.53. The molecule has 1 nitrogen and oxygen atoms in total. The third-order valence-electron chi connectivity index (χ3n) is 1.86. The van der Waals surface area contributed by atoms with Gasteiger partial charge in [0.2, 0.25) is 0 Å². The SMILES string of the molecule is CC(C)c1ccc(P(=O)(F)F)cc1. The van der Waals surface area contributed by atoms with Crippen molar-refractivity contribution >= 4 is 13.1 Å². The predicted octanol–water partition coefficient (Wildman–Crippen LogP) is 3.57. The summed E-state index contributed by atoms with van der Waals surface area (Å²) in [7, 11) is -5.07. The van der Waals surface area contributed by atoms with Gasteiger partial charge in [-0.1, -0.05) is 26.0 Å². The van der Waals surface area contributed by atoms with E-state index in [1.54, 1.807) is 12.1 Å². The molecule has 1 aromatic rings. The van der Waals surface area contributed by atoms with Crippen LogP contribution in [-0.4, -0.2) is 0 Å². The minimum Gasteiger partial charge on any atom is -0.244 e. The molecule has 0 saturated carbocycles. The molecule has 0 aliphatic carbocycles. The van der Waals surface area contributed by atoms with E-state index in [0.29, 0.717) is 5.92 Å². The number of halogens is 2. The topological polar surface area (TPSA) is 17.1 Å². The number of hydrogen-bond donors (Lipinski definition) is 0. The standard InChI is InChI=1S/C9H11F2OP/c1-7(2)8-3-5-9(6-4-8)13(10,11)12/h3-7H,1-2H3. The van der Waals surface area contributed by atoms with E-state index in [9.17, 15) is 13.0 Å². The van der Waals surface area contributed by atoms with Crippen LogP contribution >= 0.6 is 7.76 Å². The largest absolute Gasteiger partial charge is 0.433 e. The highest BCUT2D eigenvalue weighted by Crippen LogP contribution is 2.47. The summed E-state index contributed by atoms with van der Waals surface area (Å²) in [5.41, 5.74) is 0.970. The zero-order valence-corrected chi connectivity index (χ0v) is 8.39. The smallest absolute Gasteiger partial charge is 0.244 e. The third kappa shape index (κ3) is 2.63. The van der Waals surface area contributed by atoms with E-state index in [0.717, 1.165) is 5.56 Å². The summed E-state index contributed by atoms with van der Waals surface area (Å²) in [4.78, 5) is 0. The third-order valence-corrected chi connectivity index (χ3v) is 2.76. The Labute approximate surface area is 76.4 Å². The predicted molar refractivity (Wildman–Crippen MR) is 50.0 cm³/mol. The van der Waals surface area contributed by atoms with E-state index in [1.807, 2.05) is 13.8 Å². The molecule has 0 bridgehead atoms. The summed E-state index contributed by atoms with van der Waals surface area (Å²) in [6.45, 7) is 3.94. The van der Waals surface area contributed by atoms with E-state index in [1.165, 1.54) is 12.1 Å². The van der Waals surface area contributed by atoms with Crippen molar-refractivity contribution in [1.29, 1.82) is 0 Å². The summed E-state index contributed by atoms with van der Waals surface area (Å²) >= 11 is 0. The summed E-state index contributed by atoms with van der Waals surface area (Å²) < 4.78 is 35.0. The Kier molecular flexibility index (Phi) is 2.87. The Bertz CT molecular complexity index is 326. The number of rotatable bonds is 2. The maximum Gasteiger partial charge on any atom is 0.433 e. The van der Waals surface area contributed by atoms with Crippen LogP contribution in [0, 0.1) is 0 Å². The van der Waals surface area contributed by atoms with Crippen LogP contribution in [0.15, 0.2) is 24.3 Å². The average Bonchev–Trinajstić information content (AvgIpc) is 2.03. The molecule has 0 spiro atoms. The molecule has 0 aliphatic rings. The molecule has 0 heterocycles. The summed E-state index contributed by atoms with van der Waals surface area (Å²) in [5, 5.41) is -0.364. The van der Waals surface area contributed by atoms with Gasteiger partial charge < -0.3 is 0 Å². The normalized spacial score (nSPS) is 12.1. The maximum atomic E-state index is 12.3. The van der Waals surface area contributed by atoms with Crippen molar-refractivity contribution in [3.8, 4) is 0 Å². The van der Waals surface area contributed by atoms with Crippen LogP contribution in [0.25, 0.3) is 0 Å². The lowest BCUT2D eigenvalue weighted by molar-refractivity contribution is 0.507. The minimum absolute atomic E-state index is 0.299. The van der Waals surface area contributed by atoms with Crippen LogP contribution in [0.4, 0.5) is 8.39 Å². The average molecular weight is 204 g/mol. The van der Waals surface area contributed by atoms with E-state index >= 15 is 0 Å². The molecule has 0 atom stereocenters. The second kappa shape index (κ2) is 3.59. The first-order valence-corrected chi connectivity index (χ1v) is 5.50. The van der Waals surface area contributed by atoms with Gasteiger partial charge in [0.05, 0.1) is 5.30 Å². The Hall–Kier alpha value is -0.690. The maximum absolute atomic E-state index is 12.3. The van der Waals surface area contributed by atoms with Crippen LogP contribution in [0.1, 0.15) is 25.3 Å². The summed E-state index contributed by atoms with van der Waals surface area (Å²) in [5.74, 6) is 0.299. The van der Waals surface area contributed by atoms with Crippen molar-refractivity contribution in [3.05, 3.63) is 29.8 Å². The second-order valence-corrected chi connectivity index (χ2v) is 4.65. The van der Waals surface area contributed by atoms with Crippen molar-refractivity contribution in [2.24, 2.45) is 0 Å². The molecule has 0 saturated heterocycles. The van der Waals surface area contributed by atoms with Gasteiger partial charge in [-0.25, -0.2) is 4.57 Å². The Morgan fingerprint density at radius 2 is 1.62 bits per heavy atom. The van der Waals surface area contributed by atoms with Gasteiger partial charge in [-0.05, 0) is 23.6 Å². The van der Waals surface area contributed by atoms with Crippen molar-refractivity contribution < 1.29 is 13.0 Å². The molecule has 0 fully saturated rings. The minimum atomic E-state index is -5.07. The molecule has 72 valence electrons. The van der Waals surface area contributed by atoms with Gasteiger partial charge in [-0.2, -0.15) is 0 Å². The molecule has 0 unspecified atom stereocenters. The second-order valence-electron chi connectivity index (χ2n) is 3.21. The quantitative estimate of drug-likeness (QED) is 0.673. The van der Waals surface area contributed by atoms with Gasteiger partial charge >= 0.3 is 7.76 Å². The first kappa shape index (κ1) is 10.4. The van der Waals surface area contributed by atoms with Crippen LogP contribution in [0.5, 0.6) is 0 Å². The highest BCUT2D eigenvalue weighted by molar-refractivity contribution is 7.61. The number of benzene rings is 1. The first-order chi connectivity index (χ1) is 5.91. The molecule has 4 heteroatoms. The van der Waals surface area contributed by atoms with Crippen LogP contribution in [0.2, 0.25) is 0 Å². The molecule has 0 N–H and O–H groups in total. The Morgan fingerprint density at radius 1 is 1.15 bits per heavy atom. The lowest BCUT2D eigenvalue weighted by Crippen LogP contribution is -1.98. The molecule has 0 aliphatic heterocycles. The summed E-state index contributed by atoms with van der Waals surface area (Å²) in [6.07, 6.45) is 0. The molecule has 13 heavy (non-hydrogen) atoms. The van der Waals surface area contributed by atoms with Gasteiger partial charge in [-0.15, -0.1) is 8.39 Å². The fourth-order valence-electron chi connectivity index (χ4n) is 1.03. The molecular formula is C9H11F2OP. The van der Waals surface area contributed by atoms with Gasteiger partial charge in [0.1, 0.15) is 0 Å². The van der Waals surface area contributed by atoms with Crippen LogP contribution in [0.3, 0.4) is 0 Å². The van der Waals surface area contributed by atoms with Crippen molar-refractivity contribution in [1.82, 2.24) is 0 Å². The van der Waals surface area contributed by atoms with Crippen LogP contribution < -0.4 is 5.30 Å². The summed E-state index contributed by atoms with van der Waals surface area (Å²) in [6, 6.07) is 5.64. The van der Waals surface area contributed by atoms with Crippen LogP contribution in [-0.2, 0) is 4.57 Å². The Balaban J connectivity index is 3.01. The Morgan fingerprint density at radius 3 is 1.92 bits per heavy atom. The molecule has 1 rings (SSSR count). The number of hydrogen-bond acceptors (Lipinski definition) is 1. The molecule has 0 radical (unpaired) electrons. The van der Waals surface area contributed by atoms with Gasteiger partial charge in [-0.3, -0.25) is 0 Å². The van der Waals surface area contributed by atoms with Gasteiger partial charge in [0.15, 0.2) is 0 Å². The van der Waals surface area contributed by atoms with E-state index in [-0.39, 0.29) is 5.30 Å². The highest BCUT2D eigenvalue weighted by Gasteiger charge is 2.21. The first-order valence-electron chi connectivity index (χ1n) is 4.01. The lowest BCUT2D eigenvalue weighted by Gasteiger charge is -2.05. The van der Waals surface area contributed by atoms with Gasteiger partial charge in [0, 0.05) is 0 Å². The molecular weight excluding hydrogens is 193 g/mol. The molecule has 0 aromatic heterocycles. The fraction of sp³-hybridized carbons (Fsp3) is 0.333. The van der Waals surface area contributed by atoms with E-state index < -0.39 is 7.76 Å². The molecule has 0 amide bonds. The van der Waals surface area contributed by atoms with E-state index in [2.05, 4.69) is 0 Å².